The van der Waals surface area contributed by atoms with E-state index in [1.165, 1.54) is 16.8 Å². The molecular formula is C12H12N4O2S. The Morgan fingerprint density at radius 2 is 1.89 bits per heavy atom. The van der Waals surface area contributed by atoms with E-state index < -0.39 is 9.84 Å². The number of benzene rings is 1. The second-order valence-corrected chi connectivity index (χ2v) is 6.16. The van der Waals surface area contributed by atoms with E-state index in [1.54, 1.807) is 19.2 Å². The summed E-state index contributed by atoms with van der Waals surface area (Å²) in [6, 6.07) is 8.19. The van der Waals surface area contributed by atoms with Gasteiger partial charge in [-0.25, -0.2) is 8.42 Å². The molecule has 0 atom stereocenters. The SMILES string of the molecule is Cn1nc(-c2ccc(S(C)(=O)=O)cc2)c(C#N)c1N. The normalized spacial score (nSPS) is 11.2. The van der Waals surface area contributed by atoms with Crippen molar-refractivity contribution in [1.82, 2.24) is 9.78 Å². The van der Waals surface area contributed by atoms with Crippen LogP contribution >= 0.6 is 0 Å². The fourth-order valence-corrected chi connectivity index (χ4v) is 2.34. The van der Waals surface area contributed by atoms with Gasteiger partial charge in [-0.1, -0.05) is 12.1 Å². The molecule has 0 aliphatic carbocycles. The van der Waals surface area contributed by atoms with Crippen LogP contribution < -0.4 is 5.73 Å². The van der Waals surface area contributed by atoms with Gasteiger partial charge in [0.2, 0.25) is 0 Å². The van der Waals surface area contributed by atoms with Gasteiger partial charge in [-0.2, -0.15) is 10.4 Å². The zero-order valence-electron chi connectivity index (χ0n) is 10.5. The van der Waals surface area contributed by atoms with E-state index in [2.05, 4.69) is 5.10 Å². The molecule has 0 fully saturated rings. The van der Waals surface area contributed by atoms with Crippen molar-refractivity contribution >= 4 is 15.7 Å². The van der Waals surface area contributed by atoms with Crippen LogP contribution in [0.3, 0.4) is 0 Å². The van der Waals surface area contributed by atoms with Crippen LogP contribution in [0.2, 0.25) is 0 Å². The van der Waals surface area contributed by atoms with Gasteiger partial charge in [-0.15, -0.1) is 0 Å². The van der Waals surface area contributed by atoms with Crippen molar-refractivity contribution in [3.8, 4) is 17.3 Å². The van der Waals surface area contributed by atoms with Gasteiger partial charge in [0.1, 0.15) is 23.1 Å². The number of rotatable bonds is 2. The summed E-state index contributed by atoms with van der Waals surface area (Å²) in [4.78, 5) is 0.221. The molecule has 0 unspecified atom stereocenters. The molecule has 1 heterocycles. The van der Waals surface area contributed by atoms with E-state index in [9.17, 15) is 8.42 Å². The molecule has 1 aromatic heterocycles. The van der Waals surface area contributed by atoms with Crippen molar-refractivity contribution in [2.75, 3.05) is 12.0 Å². The highest BCUT2D eigenvalue weighted by atomic mass is 32.2. The summed E-state index contributed by atoms with van der Waals surface area (Å²) in [6.07, 6.45) is 1.14. The lowest BCUT2D eigenvalue weighted by atomic mass is 10.1. The third-order valence-corrected chi connectivity index (χ3v) is 3.89. The summed E-state index contributed by atoms with van der Waals surface area (Å²) in [6.45, 7) is 0. The topological polar surface area (TPSA) is 102 Å². The van der Waals surface area contributed by atoms with Crippen molar-refractivity contribution in [1.29, 1.82) is 5.26 Å². The molecule has 0 bridgehead atoms. The Morgan fingerprint density at radius 1 is 1.32 bits per heavy atom. The molecule has 6 nitrogen and oxygen atoms in total. The first-order valence-corrected chi connectivity index (χ1v) is 7.27. The summed E-state index contributed by atoms with van der Waals surface area (Å²) >= 11 is 0. The number of sulfone groups is 1. The van der Waals surface area contributed by atoms with Gasteiger partial charge in [-0.3, -0.25) is 4.68 Å². The Bertz CT molecular complexity index is 767. The molecule has 98 valence electrons. The van der Waals surface area contributed by atoms with Crippen molar-refractivity contribution < 1.29 is 8.42 Å². The molecule has 2 aromatic rings. The molecule has 2 N–H and O–H groups in total. The Kier molecular flexibility index (Phi) is 3.04. The van der Waals surface area contributed by atoms with E-state index in [-0.39, 0.29) is 16.3 Å². The maximum Gasteiger partial charge on any atom is 0.175 e. The Morgan fingerprint density at radius 3 is 2.37 bits per heavy atom. The predicted molar refractivity (Wildman–Crippen MR) is 70.9 cm³/mol. The van der Waals surface area contributed by atoms with Crippen LogP contribution in [0, 0.1) is 11.3 Å². The molecule has 19 heavy (non-hydrogen) atoms. The van der Waals surface area contributed by atoms with Crippen molar-refractivity contribution in [3.05, 3.63) is 29.8 Å². The predicted octanol–water partition coefficient (Wildman–Crippen LogP) is 0.944. The second kappa shape index (κ2) is 4.40. The zero-order chi connectivity index (χ0) is 14.2. The molecule has 0 aliphatic rings. The molecule has 2 rings (SSSR count). The summed E-state index contributed by atoms with van der Waals surface area (Å²) < 4.78 is 24.2. The molecule has 0 saturated heterocycles. The van der Waals surface area contributed by atoms with Gasteiger partial charge in [0, 0.05) is 18.9 Å². The molecule has 0 aliphatic heterocycles. The number of aryl methyl sites for hydroxylation is 1. The van der Waals surface area contributed by atoms with Crippen LogP contribution in [0.25, 0.3) is 11.3 Å². The number of nitrogens with two attached hydrogens (primary N) is 1. The second-order valence-electron chi connectivity index (χ2n) is 4.14. The number of nitrogen functional groups attached to an aromatic ring is 1. The van der Waals surface area contributed by atoms with E-state index in [0.29, 0.717) is 11.3 Å². The molecular weight excluding hydrogens is 264 g/mol. The first kappa shape index (κ1) is 13.1. The monoisotopic (exact) mass is 276 g/mol. The Hall–Kier alpha value is -2.33. The van der Waals surface area contributed by atoms with Crippen LogP contribution in [0.4, 0.5) is 5.82 Å². The van der Waals surface area contributed by atoms with Gasteiger partial charge in [0.05, 0.1) is 4.90 Å². The minimum Gasteiger partial charge on any atom is -0.383 e. The largest absolute Gasteiger partial charge is 0.383 e. The van der Waals surface area contributed by atoms with Crippen molar-refractivity contribution in [2.24, 2.45) is 7.05 Å². The quantitative estimate of drug-likeness (QED) is 0.879. The number of hydrogen-bond donors (Lipinski definition) is 1. The number of anilines is 1. The van der Waals surface area contributed by atoms with E-state index in [4.69, 9.17) is 11.0 Å². The standard InChI is InChI=1S/C12H12N4O2S/c1-16-12(14)10(7-13)11(15-16)8-3-5-9(6-4-8)19(2,17)18/h3-6H,14H2,1-2H3. The zero-order valence-corrected chi connectivity index (χ0v) is 11.3. The Balaban J connectivity index is 2.56. The third-order valence-electron chi connectivity index (χ3n) is 2.76. The summed E-state index contributed by atoms with van der Waals surface area (Å²) in [5.41, 5.74) is 7.12. The lowest BCUT2D eigenvalue weighted by Gasteiger charge is -2.00. The van der Waals surface area contributed by atoms with Crippen LogP contribution in [-0.2, 0) is 16.9 Å². The van der Waals surface area contributed by atoms with Gasteiger partial charge in [-0.05, 0) is 12.1 Å². The average molecular weight is 276 g/mol. The van der Waals surface area contributed by atoms with Gasteiger partial charge < -0.3 is 5.73 Å². The summed E-state index contributed by atoms with van der Waals surface area (Å²) in [7, 11) is -1.59. The molecule has 7 heteroatoms. The van der Waals surface area contributed by atoms with Crippen LogP contribution in [0.1, 0.15) is 5.56 Å². The van der Waals surface area contributed by atoms with E-state index in [0.717, 1.165) is 6.26 Å². The summed E-state index contributed by atoms with van der Waals surface area (Å²) in [5, 5.41) is 13.2. The van der Waals surface area contributed by atoms with Crippen molar-refractivity contribution in [3.63, 3.8) is 0 Å². The fourth-order valence-electron chi connectivity index (χ4n) is 1.71. The number of nitriles is 1. The lowest BCUT2D eigenvalue weighted by molar-refractivity contribution is 0.602. The van der Waals surface area contributed by atoms with Gasteiger partial charge >= 0.3 is 0 Å². The van der Waals surface area contributed by atoms with Gasteiger partial charge in [0.15, 0.2) is 9.84 Å². The highest BCUT2D eigenvalue weighted by Crippen LogP contribution is 2.26. The van der Waals surface area contributed by atoms with Crippen LogP contribution in [-0.4, -0.2) is 24.5 Å². The number of aromatic nitrogens is 2. The highest BCUT2D eigenvalue weighted by Gasteiger charge is 2.15. The minimum atomic E-state index is -3.24. The third kappa shape index (κ3) is 2.30. The van der Waals surface area contributed by atoms with Crippen molar-refractivity contribution in [2.45, 2.75) is 4.90 Å². The summed E-state index contributed by atoms with van der Waals surface area (Å²) in [5.74, 6) is 0.282. The first-order valence-electron chi connectivity index (χ1n) is 5.37. The van der Waals surface area contributed by atoms with Crippen LogP contribution in [0.15, 0.2) is 29.2 Å². The van der Waals surface area contributed by atoms with Gasteiger partial charge in [0.25, 0.3) is 0 Å². The average Bonchev–Trinajstić information content (AvgIpc) is 2.64. The fraction of sp³-hybridized carbons (Fsp3) is 0.167. The molecule has 0 spiro atoms. The smallest absolute Gasteiger partial charge is 0.175 e. The molecule has 0 saturated carbocycles. The maximum absolute atomic E-state index is 11.4. The highest BCUT2D eigenvalue weighted by molar-refractivity contribution is 7.90. The Labute approximate surface area is 111 Å². The van der Waals surface area contributed by atoms with Crippen LogP contribution in [0.5, 0.6) is 0 Å². The maximum atomic E-state index is 11.4. The number of nitrogens with zero attached hydrogens (tertiary/aromatic N) is 3. The molecule has 0 radical (unpaired) electrons. The molecule has 0 amide bonds. The minimum absolute atomic E-state index is 0.221. The van der Waals surface area contributed by atoms with E-state index in [1.807, 2.05) is 6.07 Å². The van der Waals surface area contributed by atoms with E-state index >= 15 is 0 Å². The lowest BCUT2D eigenvalue weighted by Crippen LogP contribution is -1.97. The first-order chi connectivity index (χ1) is 8.84. The molecule has 1 aromatic carbocycles. The number of hydrogen-bond acceptors (Lipinski definition) is 5.